The Kier molecular flexibility index (Phi) is 3.17. The average molecular weight is 195 g/mol. The van der Waals surface area contributed by atoms with Crippen molar-refractivity contribution >= 4 is 12.0 Å². The van der Waals surface area contributed by atoms with Gasteiger partial charge in [0.1, 0.15) is 0 Å². The van der Waals surface area contributed by atoms with Gasteiger partial charge in [-0.25, -0.2) is 0 Å². The molecule has 1 aromatic carbocycles. The summed E-state index contributed by atoms with van der Waals surface area (Å²) in [7, 11) is 0. The summed E-state index contributed by atoms with van der Waals surface area (Å²) in [6.07, 6.45) is 0.445. The van der Waals surface area contributed by atoms with Gasteiger partial charge in [0.05, 0.1) is 17.1 Å². The molecule has 5 nitrogen and oxygen atoms in total. The molecule has 5 heteroatoms. The van der Waals surface area contributed by atoms with Crippen LogP contribution < -0.4 is 4.74 Å². The molecule has 1 aromatic rings. The molecule has 0 fully saturated rings. The van der Waals surface area contributed by atoms with Crippen molar-refractivity contribution in [1.29, 1.82) is 0 Å². The second-order valence-corrected chi connectivity index (χ2v) is 2.50. The molecule has 14 heavy (non-hydrogen) atoms. The molecule has 0 aliphatic carbocycles. The Hall–Kier alpha value is -1.91. The van der Waals surface area contributed by atoms with E-state index in [1.54, 1.807) is 13.0 Å². The van der Waals surface area contributed by atoms with Crippen LogP contribution in [0.3, 0.4) is 0 Å². The topological polar surface area (TPSA) is 69.4 Å². The highest BCUT2D eigenvalue weighted by Crippen LogP contribution is 2.29. The van der Waals surface area contributed by atoms with Crippen molar-refractivity contribution in [2.75, 3.05) is 6.61 Å². The van der Waals surface area contributed by atoms with Gasteiger partial charge in [0.25, 0.3) is 0 Å². The molecular formula is C9H9NO4. The lowest BCUT2D eigenvalue weighted by atomic mass is 10.2. The first-order valence-electron chi connectivity index (χ1n) is 4.06. The fourth-order valence-corrected chi connectivity index (χ4v) is 1.10. The molecule has 0 amide bonds. The third-order valence-electron chi connectivity index (χ3n) is 1.64. The summed E-state index contributed by atoms with van der Waals surface area (Å²) < 4.78 is 5.04. The third kappa shape index (κ3) is 1.87. The molecule has 0 unspecified atom stereocenters. The van der Waals surface area contributed by atoms with Crippen LogP contribution in [0.25, 0.3) is 0 Å². The minimum absolute atomic E-state index is 0.0287. The number of hydrogen-bond donors (Lipinski definition) is 0. The zero-order valence-electron chi connectivity index (χ0n) is 7.60. The Morgan fingerprint density at radius 3 is 2.79 bits per heavy atom. The van der Waals surface area contributed by atoms with Crippen LogP contribution in [0, 0.1) is 10.1 Å². The first-order chi connectivity index (χ1) is 6.70. The number of nitrogens with zero attached hydrogens (tertiary/aromatic N) is 1. The number of benzene rings is 1. The summed E-state index contributed by atoms with van der Waals surface area (Å²) in [5.74, 6) is 0.127. The van der Waals surface area contributed by atoms with Crippen LogP contribution in [0.2, 0.25) is 0 Å². The van der Waals surface area contributed by atoms with Gasteiger partial charge in [-0.15, -0.1) is 0 Å². The van der Waals surface area contributed by atoms with E-state index in [0.717, 1.165) is 0 Å². The number of aldehydes is 1. The van der Waals surface area contributed by atoms with E-state index in [1.165, 1.54) is 12.1 Å². The summed E-state index contributed by atoms with van der Waals surface area (Å²) in [5, 5.41) is 10.6. The van der Waals surface area contributed by atoms with E-state index in [9.17, 15) is 14.9 Å². The predicted molar refractivity (Wildman–Crippen MR) is 49.7 cm³/mol. The molecule has 0 aromatic heterocycles. The average Bonchev–Trinajstić information content (AvgIpc) is 2.17. The summed E-state index contributed by atoms with van der Waals surface area (Å²) in [6, 6.07) is 4.39. The largest absolute Gasteiger partial charge is 0.487 e. The van der Waals surface area contributed by atoms with Crippen LogP contribution in [0.5, 0.6) is 5.75 Å². The fourth-order valence-electron chi connectivity index (χ4n) is 1.10. The highest BCUT2D eigenvalue weighted by atomic mass is 16.6. The summed E-state index contributed by atoms with van der Waals surface area (Å²) in [5.41, 5.74) is -0.245. The van der Waals surface area contributed by atoms with E-state index in [1.807, 2.05) is 0 Å². The maximum Gasteiger partial charge on any atom is 0.321 e. The van der Waals surface area contributed by atoms with Crippen molar-refractivity contribution in [1.82, 2.24) is 0 Å². The van der Waals surface area contributed by atoms with E-state index < -0.39 is 4.92 Å². The van der Waals surface area contributed by atoms with E-state index in [4.69, 9.17) is 4.74 Å². The number of hydrogen-bond acceptors (Lipinski definition) is 4. The van der Waals surface area contributed by atoms with Crippen LogP contribution >= 0.6 is 0 Å². The van der Waals surface area contributed by atoms with Crippen molar-refractivity contribution < 1.29 is 14.5 Å². The van der Waals surface area contributed by atoms with Crippen molar-refractivity contribution in [2.45, 2.75) is 6.92 Å². The minimum Gasteiger partial charge on any atom is -0.487 e. The van der Waals surface area contributed by atoms with Crippen molar-refractivity contribution in [3.05, 3.63) is 33.9 Å². The van der Waals surface area contributed by atoms with Crippen LogP contribution in [0.4, 0.5) is 5.69 Å². The van der Waals surface area contributed by atoms with Crippen LogP contribution in [-0.2, 0) is 0 Å². The number of para-hydroxylation sites is 1. The number of carbonyl (C=O) groups is 1. The quantitative estimate of drug-likeness (QED) is 0.417. The Morgan fingerprint density at radius 2 is 2.29 bits per heavy atom. The highest BCUT2D eigenvalue weighted by molar-refractivity contribution is 5.83. The Bertz CT molecular complexity index is 362. The zero-order valence-corrected chi connectivity index (χ0v) is 7.60. The summed E-state index contributed by atoms with van der Waals surface area (Å²) >= 11 is 0. The molecule has 0 aliphatic rings. The van der Waals surface area contributed by atoms with Crippen LogP contribution in [0.1, 0.15) is 17.3 Å². The standard InChI is InChI=1S/C9H9NO4/c1-2-14-8-5-3-4-7(6-11)9(8)10(12)13/h3-6H,2H2,1H3. The highest BCUT2D eigenvalue weighted by Gasteiger charge is 2.19. The van der Waals surface area contributed by atoms with Gasteiger partial charge in [-0.05, 0) is 19.1 Å². The maximum absolute atomic E-state index is 10.6. The molecule has 0 radical (unpaired) electrons. The predicted octanol–water partition coefficient (Wildman–Crippen LogP) is 1.81. The Labute approximate surface area is 80.5 Å². The monoisotopic (exact) mass is 195 g/mol. The van der Waals surface area contributed by atoms with E-state index >= 15 is 0 Å². The van der Waals surface area contributed by atoms with Gasteiger partial charge in [-0.1, -0.05) is 6.07 Å². The first kappa shape index (κ1) is 10.2. The third-order valence-corrected chi connectivity index (χ3v) is 1.64. The molecule has 0 saturated carbocycles. The molecular weight excluding hydrogens is 186 g/mol. The molecule has 0 saturated heterocycles. The van der Waals surface area contributed by atoms with Gasteiger partial charge in [-0.3, -0.25) is 14.9 Å². The SMILES string of the molecule is CCOc1cccc(C=O)c1[N+](=O)[O-]. The number of carbonyl (C=O) groups excluding carboxylic acids is 1. The van der Waals surface area contributed by atoms with Gasteiger partial charge in [0.2, 0.25) is 0 Å². The minimum atomic E-state index is -0.616. The molecule has 0 aliphatic heterocycles. The smallest absolute Gasteiger partial charge is 0.321 e. The first-order valence-corrected chi connectivity index (χ1v) is 4.06. The molecule has 74 valence electrons. The van der Waals surface area contributed by atoms with Crippen LogP contribution in [-0.4, -0.2) is 17.8 Å². The summed E-state index contributed by atoms with van der Waals surface area (Å²) in [4.78, 5) is 20.6. The van der Waals surface area contributed by atoms with Gasteiger partial charge in [0.15, 0.2) is 12.0 Å². The Morgan fingerprint density at radius 1 is 1.57 bits per heavy atom. The molecule has 0 bridgehead atoms. The second-order valence-electron chi connectivity index (χ2n) is 2.50. The molecule has 0 atom stereocenters. The number of ether oxygens (including phenoxy) is 1. The van der Waals surface area contributed by atoms with Crippen LogP contribution in [0.15, 0.2) is 18.2 Å². The van der Waals surface area contributed by atoms with Gasteiger partial charge >= 0.3 is 5.69 Å². The van der Waals surface area contributed by atoms with E-state index in [2.05, 4.69) is 0 Å². The number of rotatable bonds is 4. The zero-order chi connectivity index (χ0) is 10.6. The maximum atomic E-state index is 10.6. The fraction of sp³-hybridized carbons (Fsp3) is 0.222. The van der Waals surface area contributed by atoms with Crippen molar-refractivity contribution in [3.63, 3.8) is 0 Å². The number of nitro benzene ring substituents is 1. The molecule has 1 rings (SSSR count). The molecule has 0 spiro atoms. The molecule has 0 heterocycles. The summed E-state index contributed by atoms with van der Waals surface area (Å²) in [6.45, 7) is 2.04. The van der Waals surface area contributed by atoms with Gasteiger partial charge < -0.3 is 4.74 Å². The van der Waals surface area contributed by atoms with E-state index in [-0.39, 0.29) is 17.0 Å². The lowest BCUT2D eigenvalue weighted by molar-refractivity contribution is -0.386. The lowest BCUT2D eigenvalue weighted by Crippen LogP contribution is -2.00. The second kappa shape index (κ2) is 4.36. The van der Waals surface area contributed by atoms with Gasteiger partial charge in [-0.2, -0.15) is 0 Å². The van der Waals surface area contributed by atoms with Crippen molar-refractivity contribution in [2.24, 2.45) is 0 Å². The lowest BCUT2D eigenvalue weighted by Gasteiger charge is -2.04. The van der Waals surface area contributed by atoms with Crippen molar-refractivity contribution in [3.8, 4) is 5.75 Å². The molecule has 0 N–H and O–H groups in total. The normalized spacial score (nSPS) is 9.50. The Balaban J connectivity index is 3.27. The van der Waals surface area contributed by atoms with E-state index in [0.29, 0.717) is 12.9 Å². The van der Waals surface area contributed by atoms with Gasteiger partial charge in [0, 0.05) is 0 Å². The number of nitro groups is 1.